The summed E-state index contributed by atoms with van der Waals surface area (Å²) < 4.78 is 0. The van der Waals surface area contributed by atoms with Gasteiger partial charge in [0.15, 0.2) is 0 Å². The summed E-state index contributed by atoms with van der Waals surface area (Å²) in [5, 5.41) is 0. The first kappa shape index (κ1) is 14.9. The summed E-state index contributed by atoms with van der Waals surface area (Å²) >= 11 is 0. The lowest BCUT2D eigenvalue weighted by molar-refractivity contribution is -0.379. The molecule has 20 heavy (non-hydrogen) atoms. The van der Waals surface area contributed by atoms with Crippen LogP contribution < -0.4 is 0 Å². The summed E-state index contributed by atoms with van der Waals surface area (Å²) in [7, 11) is 0. The van der Waals surface area contributed by atoms with E-state index in [1.54, 1.807) is 0 Å². The maximum Gasteiger partial charge on any atom is -0.0176 e. The predicted octanol–water partition coefficient (Wildman–Crippen LogP) is 6.01. The first-order valence-corrected chi connectivity index (χ1v) is 8.80. The summed E-state index contributed by atoms with van der Waals surface area (Å²) in [6.07, 6.45) is 1.44. The van der Waals surface area contributed by atoms with Crippen LogP contribution in [-0.2, 0) is 0 Å². The molecule has 3 saturated carbocycles. The Balaban J connectivity index is 2.22. The molecule has 7 unspecified atom stereocenters. The van der Waals surface area contributed by atoms with E-state index in [9.17, 15) is 0 Å². The van der Waals surface area contributed by atoms with Gasteiger partial charge in [-0.15, -0.1) is 0 Å². The first-order valence-electron chi connectivity index (χ1n) is 8.80. The van der Waals surface area contributed by atoms with Crippen LogP contribution in [0.15, 0.2) is 0 Å². The smallest absolute Gasteiger partial charge is 0.0176 e. The molecule has 0 bridgehead atoms. The van der Waals surface area contributed by atoms with E-state index in [1.165, 1.54) is 6.42 Å². The average molecular weight is 277 g/mol. The van der Waals surface area contributed by atoms with Gasteiger partial charge in [0.2, 0.25) is 0 Å². The average Bonchev–Trinajstić information content (AvgIpc) is 2.36. The highest BCUT2D eigenvalue weighted by Gasteiger charge is 2.84. The molecule has 0 heteroatoms. The minimum atomic E-state index is 0.425. The van der Waals surface area contributed by atoms with Crippen LogP contribution in [0.1, 0.15) is 75.7 Å². The maximum absolute atomic E-state index is 2.65. The van der Waals surface area contributed by atoms with Crippen molar-refractivity contribution in [2.24, 2.45) is 50.7 Å². The molecule has 0 aliphatic heterocycles. The van der Waals surface area contributed by atoms with Crippen molar-refractivity contribution in [3.8, 4) is 0 Å². The fourth-order valence-electron chi connectivity index (χ4n) is 7.90. The van der Waals surface area contributed by atoms with Crippen LogP contribution in [0, 0.1) is 50.7 Å². The highest BCUT2D eigenvalue weighted by atomic mass is 14.9. The molecular weight excluding hydrogens is 240 g/mol. The molecule has 0 saturated heterocycles. The van der Waals surface area contributed by atoms with Crippen molar-refractivity contribution in [3.63, 3.8) is 0 Å². The number of rotatable bonds is 0. The van der Waals surface area contributed by atoms with E-state index >= 15 is 0 Å². The van der Waals surface area contributed by atoms with Crippen LogP contribution in [0.3, 0.4) is 0 Å². The Morgan fingerprint density at radius 3 is 1.75 bits per heavy atom. The van der Waals surface area contributed by atoms with Gasteiger partial charge >= 0.3 is 0 Å². The monoisotopic (exact) mass is 276 g/mol. The normalized spacial score (nSPS) is 62.7. The fourth-order valence-corrected chi connectivity index (χ4v) is 7.90. The number of hydrogen-bond acceptors (Lipinski definition) is 0. The van der Waals surface area contributed by atoms with Crippen molar-refractivity contribution < 1.29 is 0 Å². The molecule has 0 radical (unpaired) electrons. The van der Waals surface area contributed by atoms with Crippen LogP contribution >= 0.6 is 0 Å². The molecule has 0 heterocycles. The lowest BCUT2D eigenvalue weighted by Gasteiger charge is -2.85. The molecule has 0 spiro atoms. The van der Waals surface area contributed by atoms with Crippen LogP contribution in [0.5, 0.6) is 0 Å². The summed E-state index contributed by atoms with van der Waals surface area (Å²) in [5.74, 6) is 3.41. The Morgan fingerprint density at radius 2 is 1.25 bits per heavy atom. The van der Waals surface area contributed by atoms with Crippen molar-refractivity contribution in [1.82, 2.24) is 0 Å². The van der Waals surface area contributed by atoms with E-state index in [-0.39, 0.29) is 0 Å². The van der Waals surface area contributed by atoms with Gasteiger partial charge in [-0.05, 0) is 57.2 Å². The minimum Gasteiger partial charge on any atom is -0.0617 e. The maximum atomic E-state index is 2.65. The third-order valence-electron chi connectivity index (χ3n) is 10.6. The molecule has 7 atom stereocenters. The molecule has 0 aromatic heterocycles. The van der Waals surface area contributed by atoms with Crippen molar-refractivity contribution in [2.45, 2.75) is 75.7 Å². The topological polar surface area (TPSA) is 0 Å². The molecule has 3 fully saturated rings. The first-order chi connectivity index (χ1) is 8.80. The van der Waals surface area contributed by atoms with Gasteiger partial charge in [0.05, 0.1) is 0 Å². The Bertz CT molecular complexity index is 459. The highest BCUT2D eigenvalue weighted by Crippen LogP contribution is 2.90. The lowest BCUT2D eigenvalue weighted by atomic mass is 9.19. The van der Waals surface area contributed by atoms with Crippen molar-refractivity contribution >= 4 is 0 Å². The molecule has 3 rings (SSSR count). The quantitative estimate of drug-likeness (QED) is 0.508. The summed E-state index contributed by atoms with van der Waals surface area (Å²) in [5.41, 5.74) is 2.51. The third kappa shape index (κ3) is 1.03. The molecule has 0 N–H and O–H groups in total. The Labute approximate surface area is 127 Å². The second-order valence-electron chi connectivity index (χ2n) is 10.5. The summed E-state index contributed by atoms with van der Waals surface area (Å²) in [6.45, 7) is 25.7. The van der Waals surface area contributed by atoms with E-state index in [4.69, 9.17) is 0 Å². The molecule has 0 amide bonds. The second kappa shape index (κ2) is 3.33. The van der Waals surface area contributed by atoms with Gasteiger partial charge in [0.25, 0.3) is 0 Å². The minimum absolute atomic E-state index is 0.425. The molecule has 0 aromatic carbocycles. The van der Waals surface area contributed by atoms with Gasteiger partial charge in [-0.2, -0.15) is 0 Å². The summed E-state index contributed by atoms with van der Waals surface area (Å²) in [4.78, 5) is 0. The zero-order valence-corrected chi connectivity index (χ0v) is 15.5. The van der Waals surface area contributed by atoms with Crippen LogP contribution in [-0.4, -0.2) is 0 Å². The predicted molar refractivity (Wildman–Crippen MR) is 87.5 cm³/mol. The second-order valence-corrected chi connectivity index (χ2v) is 10.5. The van der Waals surface area contributed by atoms with E-state index in [1.807, 2.05) is 0 Å². The molecule has 3 aliphatic carbocycles. The van der Waals surface area contributed by atoms with Crippen molar-refractivity contribution in [2.75, 3.05) is 0 Å². The van der Waals surface area contributed by atoms with E-state index in [2.05, 4.69) is 69.2 Å². The van der Waals surface area contributed by atoms with E-state index < -0.39 is 0 Å². The van der Waals surface area contributed by atoms with Crippen molar-refractivity contribution in [3.05, 3.63) is 0 Å². The Hall–Kier alpha value is 0. The van der Waals surface area contributed by atoms with Gasteiger partial charge in [-0.3, -0.25) is 0 Å². The van der Waals surface area contributed by atoms with Crippen LogP contribution in [0.4, 0.5) is 0 Å². The Morgan fingerprint density at radius 1 is 0.750 bits per heavy atom. The van der Waals surface area contributed by atoms with Gasteiger partial charge in [-0.25, -0.2) is 0 Å². The highest BCUT2D eigenvalue weighted by molar-refractivity contribution is 5.32. The molecule has 116 valence electrons. The van der Waals surface area contributed by atoms with Crippen LogP contribution in [0.25, 0.3) is 0 Å². The van der Waals surface area contributed by atoms with E-state index in [0.717, 1.165) is 23.7 Å². The lowest BCUT2D eigenvalue weighted by Crippen LogP contribution is -2.80. The summed E-state index contributed by atoms with van der Waals surface area (Å²) in [6, 6.07) is 0. The molecule has 3 aliphatic rings. The standard InChI is InChI=1S/C20H36/c1-12-15-13(2)18(8)11-19(9,20(15,18)10)17(6,7)14(3)16(12,4)5/h12-15H,11H2,1-10H3. The SMILES string of the molecule is CC1C2C(C)C3(C)CC(C)(C(C)(C)C(C)C1(C)C)C23C. The zero-order chi connectivity index (χ0) is 15.5. The van der Waals surface area contributed by atoms with Crippen molar-refractivity contribution in [1.29, 1.82) is 0 Å². The van der Waals surface area contributed by atoms with Gasteiger partial charge < -0.3 is 0 Å². The number of hydrogen-bond donors (Lipinski definition) is 0. The van der Waals surface area contributed by atoms with Gasteiger partial charge in [-0.1, -0.05) is 69.2 Å². The largest absolute Gasteiger partial charge is 0.0617 e. The fraction of sp³-hybridized carbons (Fsp3) is 1.00. The van der Waals surface area contributed by atoms with E-state index in [0.29, 0.717) is 27.1 Å². The van der Waals surface area contributed by atoms with Gasteiger partial charge in [0, 0.05) is 0 Å². The molecule has 0 nitrogen and oxygen atoms in total. The Kier molecular flexibility index (Phi) is 2.48. The third-order valence-corrected chi connectivity index (χ3v) is 10.6. The molecule has 0 aromatic rings. The van der Waals surface area contributed by atoms with Gasteiger partial charge in [0.1, 0.15) is 0 Å². The molecular formula is C20H36. The zero-order valence-electron chi connectivity index (χ0n) is 15.5. The van der Waals surface area contributed by atoms with Crippen LogP contribution in [0.2, 0.25) is 0 Å².